The molecule has 1 saturated heterocycles. The monoisotopic (exact) mass is 622 g/mol. The first-order valence-electron chi connectivity index (χ1n) is 15.4. The first kappa shape index (κ1) is 35.7. The number of benzene rings is 3. The van der Waals surface area contributed by atoms with Crippen molar-refractivity contribution < 1.29 is 33.2 Å². The highest BCUT2D eigenvalue weighted by atomic mass is 16.5. The Morgan fingerprint density at radius 1 is 0.889 bits per heavy atom. The van der Waals surface area contributed by atoms with Crippen LogP contribution in [0.15, 0.2) is 60.7 Å². The summed E-state index contributed by atoms with van der Waals surface area (Å²) in [6.45, 7) is 10.4. The summed E-state index contributed by atoms with van der Waals surface area (Å²) in [4.78, 5) is 13.2. The summed E-state index contributed by atoms with van der Waals surface area (Å²) in [7, 11) is 6.66. The fourth-order valence-corrected chi connectivity index (χ4v) is 5.09. The van der Waals surface area contributed by atoms with E-state index in [1.165, 1.54) is 0 Å². The summed E-state index contributed by atoms with van der Waals surface area (Å²) in [6, 6.07) is 20.2. The summed E-state index contributed by atoms with van der Waals surface area (Å²) >= 11 is 0. The Morgan fingerprint density at radius 2 is 1.67 bits per heavy atom. The number of nitrogens with one attached hydrogen (secondary N) is 1. The van der Waals surface area contributed by atoms with Crippen molar-refractivity contribution in [2.75, 3.05) is 61.3 Å². The van der Waals surface area contributed by atoms with Gasteiger partial charge in [-0.1, -0.05) is 24.3 Å². The standard InChI is InChI=1S/C24H32N2O4.C12H18O3/c1-17(2)26(16-27)14-20-12-25-13-24(20)30-15-18-6-5-7-19(10-18)22-11-21(28-3)8-9-23(22)29-4;1-10-5-6-11(14-3)12(9-10)15-8-4-7-13-2/h5-11,16-17,20,24-25H,12-15H2,1-4H3;5-6,9H,4,7-8H2,1-3H3/t20-,24?;/m0./s1. The third kappa shape index (κ3) is 11.0. The van der Waals surface area contributed by atoms with E-state index in [2.05, 4.69) is 23.5 Å². The number of carbonyl (C=O) groups is 1. The second-order valence-corrected chi connectivity index (χ2v) is 11.3. The number of carbonyl (C=O) groups excluding carboxylic acids is 1. The highest BCUT2D eigenvalue weighted by Gasteiger charge is 2.30. The number of rotatable bonds is 16. The number of methoxy groups -OCH3 is 4. The van der Waals surface area contributed by atoms with Crippen molar-refractivity contribution in [2.45, 2.75) is 45.9 Å². The number of ether oxygens (including phenoxy) is 6. The van der Waals surface area contributed by atoms with Crippen LogP contribution in [-0.4, -0.2) is 84.7 Å². The Hall–Kier alpha value is -3.79. The van der Waals surface area contributed by atoms with Gasteiger partial charge in [-0.05, 0) is 73.9 Å². The second-order valence-electron chi connectivity index (χ2n) is 11.3. The van der Waals surface area contributed by atoms with Gasteiger partial charge in [-0.2, -0.15) is 0 Å². The van der Waals surface area contributed by atoms with Gasteiger partial charge < -0.3 is 38.6 Å². The van der Waals surface area contributed by atoms with Gasteiger partial charge in [0.05, 0.1) is 40.6 Å². The van der Waals surface area contributed by atoms with Gasteiger partial charge in [0.25, 0.3) is 0 Å². The molecule has 1 heterocycles. The van der Waals surface area contributed by atoms with E-state index < -0.39 is 0 Å². The van der Waals surface area contributed by atoms with Gasteiger partial charge in [0.15, 0.2) is 11.5 Å². The van der Waals surface area contributed by atoms with Crippen LogP contribution in [0.5, 0.6) is 23.0 Å². The minimum atomic E-state index is 0.0845. The molecule has 1 N–H and O–H groups in total. The maximum Gasteiger partial charge on any atom is 0.209 e. The predicted molar refractivity (Wildman–Crippen MR) is 178 cm³/mol. The number of hydrogen-bond acceptors (Lipinski definition) is 8. The van der Waals surface area contributed by atoms with E-state index in [1.807, 2.05) is 68.1 Å². The smallest absolute Gasteiger partial charge is 0.209 e. The van der Waals surface area contributed by atoms with E-state index in [0.29, 0.717) is 32.3 Å². The third-order valence-corrected chi connectivity index (χ3v) is 7.70. The molecular weight excluding hydrogens is 572 g/mol. The topological polar surface area (TPSA) is 87.7 Å². The lowest BCUT2D eigenvalue weighted by atomic mass is 10.0. The van der Waals surface area contributed by atoms with Gasteiger partial charge in [0.2, 0.25) is 6.41 Å². The molecule has 0 bridgehead atoms. The van der Waals surface area contributed by atoms with Crippen molar-refractivity contribution in [3.63, 3.8) is 0 Å². The van der Waals surface area contributed by atoms with Crippen molar-refractivity contribution in [1.82, 2.24) is 10.2 Å². The van der Waals surface area contributed by atoms with Crippen LogP contribution in [0.2, 0.25) is 0 Å². The van der Waals surface area contributed by atoms with Crippen LogP contribution in [0.4, 0.5) is 0 Å². The summed E-state index contributed by atoms with van der Waals surface area (Å²) in [5, 5.41) is 3.39. The minimum Gasteiger partial charge on any atom is -0.497 e. The third-order valence-electron chi connectivity index (χ3n) is 7.70. The molecule has 0 aliphatic carbocycles. The van der Waals surface area contributed by atoms with Gasteiger partial charge in [-0.15, -0.1) is 0 Å². The molecule has 3 aromatic carbocycles. The molecule has 9 nitrogen and oxygen atoms in total. The number of nitrogens with zero attached hydrogens (tertiary/aromatic N) is 1. The van der Waals surface area contributed by atoms with Gasteiger partial charge in [0, 0.05) is 57.3 Å². The molecule has 2 atom stereocenters. The Labute approximate surface area is 268 Å². The van der Waals surface area contributed by atoms with Crippen LogP contribution in [0.3, 0.4) is 0 Å². The zero-order valence-corrected chi connectivity index (χ0v) is 27.8. The average Bonchev–Trinajstić information content (AvgIpc) is 3.51. The Morgan fingerprint density at radius 3 is 2.36 bits per heavy atom. The molecule has 0 spiro atoms. The largest absolute Gasteiger partial charge is 0.497 e. The van der Waals surface area contributed by atoms with Crippen LogP contribution < -0.4 is 24.3 Å². The second kappa shape index (κ2) is 18.9. The SMILES string of the molecule is COCCCOc1cc(C)ccc1OC.COc1ccc(OC)c(-c2cccc(COC3CNC[C@H]3CN(C=O)C(C)C)c2)c1. The van der Waals surface area contributed by atoms with Crippen molar-refractivity contribution in [3.8, 4) is 34.1 Å². The van der Waals surface area contributed by atoms with Crippen molar-refractivity contribution >= 4 is 6.41 Å². The Bertz CT molecular complexity index is 1320. The molecule has 246 valence electrons. The molecular formula is C36H50N2O7. The fraction of sp³-hybridized carbons (Fsp3) is 0.472. The lowest BCUT2D eigenvalue weighted by Crippen LogP contribution is -2.38. The Kier molecular flexibility index (Phi) is 15.0. The van der Waals surface area contributed by atoms with Gasteiger partial charge in [-0.25, -0.2) is 0 Å². The summed E-state index contributed by atoms with van der Waals surface area (Å²) in [6.07, 6.45) is 1.90. The molecule has 0 radical (unpaired) electrons. The molecule has 9 heteroatoms. The molecule has 0 saturated carbocycles. The van der Waals surface area contributed by atoms with Gasteiger partial charge in [0.1, 0.15) is 11.5 Å². The van der Waals surface area contributed by atoms with Crippen LogP contribution in [0.25, 0.3) is 11.1 Å². The zero-order chi connectivity index (χ0) is 32.6. The van der Waals surface area contributed by atoms with Crippen molar-refractivity contribution in [1.29, 1.82) is 0 Å². The van der Waals surface area contributed by atoms with Gasteiger partial charge >= 0.3 is 0 Å². The summed E-state index contributed by atoms with van der Waals surface area (Å²) in [5.74, 6) is 3.46. The summed E-state index contributed by atoms with van der Waals surface area (Å²) < 4.78 is 32.9. The van der Waals surface area contributed by atoms with E-state index in [1.54, 1.807) is 28.4 Å². The minimum absolute atomic E-state index is 0.0845. The highest BCUT2D eigenvalue weighted by molar-refractivity contribution is 5.72. The van der Waals surface area contributed by atoms with Crippen LogP contribution in [-0.2, 0) is 20.9 Å². The lowest BCUT2D eigenvalue weighted by molar-refractivity contribution is -0.120. The predicted octanol–water partition coefficient (Wildman–Crippen LogP) is 5.76. The lowest BCUT2D eigenvalue weighted by Gasteiger charge is -2.28. The van der Waals surface area contributed by atoms with Crippen LogP contribution >= 0.6 is 0 Å². The van der Waals surface area contributed by atoms with Crippen LogP contribution in [0, 0.1) is 12.8 Å². The van der Waals surface area contributed by atoms with E-state index in [4.69, 9.17) is 28.4 Å². The maximum absolute atomic E-state index is 11.3. The first-order chi connectivity index (χ1) is 21.8. The Balaban J connectivity index is 0.000000309. The zero-order valence-electron chi connectivity index (χ0n) is 27.8. The molecule has 1 aliphatic rings. The molecule has 1 aliphatic heterocycles. The van der Waals surface area contributed by atoms with Gasteiger partial charge in [-0.3, -0.25) is 4.79 Å². The number of amides is 1. The normalized spacial score (nSPS) is 15.6. The van der Waals surface area contributed by atoms with E-state index in [0.717, 1.165) is 71.2 Å². The van der Waals surface area contributed by atoms with Crippen molar-refractivity contribution in [3.05, 3.63) is 71.8 Å². The average molecular weight is 623 g/mol. The number of aryl methyl sites for hydroxylation is 1. The van der Waals surface area contributed by atoms with E-state index in [9.17, 15) is 4.79 Å². The summed E-state index contributed by atoms with van der Waals surface area (Å²) in [5.41, 5.74) is 4.30. The molecule has 1 fully saturated rings. The molecule has 1 amide bonds. The number of hydrogen-bond donors (Lipinski definition) is 1. The molecule has 1 unspecified atom stereocenters. The molecule has 45 heavy (non-hydrogen) atoms. The van der Waals surface area contributed by atoms with E-state index in [-0.39, 0.29) is 12.1 Å². The first-order valence-corrected chi connectivity index (χ1v) is 15.4. The van der Waals surface area contributed by atoms with Crippen LogP contribution in [0.1, 0.15) is 31.4 Å². The fourth-order valence-electron chi connectivity index (χ4n) is 5.09. The molecule has 3 aromatic rings. The highest BCUT2D eigenvalue weighted by Crippen LogP contribution is 2.34. The van der Waals surface area contributed by atoms with Crippen molar-refractivity contribution in [2.24, 2.45) is 5.92 Å². The molecule has 4 rings (SSSR count). The quantitative estimate of drug-likeness (QED) is 0.159. The molecule has 0 aromatic heterocycles. The maximum atomic E-state index is 11.3. The van der Waals surface area contributed by atoms with E-state index >= 15 is 0 Å².